The van der Waals surface area contributed by atoms with E-state index in [1.165, 1.54) is 19.5 Å². The highest BCUT2D eigenvalue weighted by molar-refractivity contribution is 4.94. The molecule has 3 heteroatoms. The first kappa shape index (κ1) is 12.3. The fraction of sp³-hybridized carbons (Fsp3) is 1.00. The number of aliphatic hydroxyl groups excluding tert-OH is 1. The Labute approximate surface area is 99.6 Å². The van der Waals surface area contributed by atoms with Crippen molar-refractivity contribution < 1.29 is 9.59 Å². The van der Waals surface area contributed by atoms with Crippen molar-refractivity contribution in [2.75, 3.05) is 26.2 Å². The molecule has 1 unspecified atom stereocenters. The minimum absolute atomic E-state index is 0.336. The highest BCUT2D eigenvalue weighted by atomic mass is 16.3. The van der Waals surface area contributed by atoms with E-state index in [1.54, 1.807) is 0 Å². The van der Waals surface area contributed by atoms with Crippen LogP contribution in [0.25, 0.3) is 0 Å². The molecule has 94 valence electrons. The van der Waals surface area contributed by atoms with E-state index >= 15 is 0 Å². The first-order valence-electron chi connectivity index (χ1n) is 6.74. The quantitative estimate of drug-likeness (QED) is 0.726. The standard InChI is InChI=1S/C13H27N2O/c1-10(2)14-8-13-7-12(14)9-15(13,5-6-16)11(3)4/h10-13,16H,5-9H2,1-4H3/q+1/t12-,13-,15?/m1/s1. The molecule has 2 aliphatic heterocycles. The van der Waals surface area contributed by atoms with E-state index in [0.29, 0.717) is 18.7 Å². The molecule has 0 spiro atoms. The van der Waals surface area contributed by atoms with Crippen LogP contribution >= 0.6 is 0 Å². The van der Waals surface area contributed by atoms with Crippen molar-refractivity contribution in [2.45, 2.75) is 58.3 Å². The van der Waals surface area contributed by atoms with Crippen LogP contribution in [-0.4, -0.2) is 64.9 Å². The van der Waals surface area contributed by atoms with Crippen LogP contribution in [0.15, 0.2) is 0 Å². The largest absolute Gasteiger partial charge is 0.391 e. The number of hydrogen-bond acceptors (Lipinski definition) is 2. The molecule has 2 saturated heterocycles. The third kappa shape index (κ3) is 1.69. The van der Waals surface area contributed by atoms with Gasteiger partial charge < -0.3 is 9.59 Å². The summed E-state index contributed by atoms with van der Waals surface area (Å²) in [7, 11) is 0. The molecule has 0 saturated carbocycles. The third-order valence-corrected chi connectivity index (χ3v) is 4.92. The number of quaternary nitrogens is 1. The van der Waals surface area contributed by atoms with Crippen molar-refractivity contribution in [1.29, 1.82) is 0 Å². The van der Waals surface area contributed by atoms with Gasteiger partial charge in [0.2, 0.25) is 0 Å². The number of nitrogens with zero attached hydrogens (tertiary/aromatic N) is 2. The summed E-state index contributed by atoms with van der Waals surface area (Å²) in [6.07, 6.45) is 1.34. The third-order valence-electron chi connectivity index (χ3n) is 4.92. The fourth-order valence-electron chi connectivity index (χ4n) is 3.99. The summed E-state index contributed by atoms with van der Waals surface area (Å²) in [6.45, 7) is 13.0. The molecular formula is C13H27N2O+. The predicted octanol–water partition coefficient (Wildman–Crippen LogP) is 1.07. The summed E-state index contributed by atoms with van der Waals surface area (Å²) in [5.41, 5.74) is 0. The molecule has 2 aliphatic rings. The number of likely N-dealkylation sites (tertiary alicyclic amines) is 2. The summed E-state index contributed by atoms with van der Waals surface area (Å²) in [4.78, 5) is 2.65. The van der Waals surface area contributed by atoms with Gasteiger partial charge in [0.15, 0.2) is 0 Å². The van der Waals surface area contributed by atoms with Crippen LogP contribution in [0.1, 0.15) is 34.1 Å². The number of aliphatic hydroxyl groups is 1. The van der Waals surface area contributed by atoms with E-state index in [4.69, 9.17) is 0 Å². The van der Waals surface area contributed by atoms with Gasteiger partial charge in [-0.1, -0.05) is 0 Å². The second kappa shape index (κ2) is 4.28. The van der Waals surface area contributed by atoms with Crippen molar-refractivity contribution in [3.8, 4) is 0 Å². The Kier molecular flexibility index (Phi) is 3.30. The van der Waals surface area contributed by atoms with Crippen molar-refractivity contribution in [2.24, 2.45) is 0 Å². The number of piperazine rings is 1. The Balaban J connectivity index is 2.12. The molecule has 2 fully saturated rings. The Bertz CT molecular complexity index is 254. The average Bonchev–Trinajstić information content (AvgIpc) is 2.75. The number of fused-ring (bicyclic) bond motifs is 2. The van der Waals surface area contributed by atoms with Crippen LogP contribution in [0.5, 0.6) is 0 Å². The summed E-state index contributed by atoms with van der Waals surface area (Å²) < 4.78 is 1.16. The smallest absolute Gasteiger partial charge is 0.104 e. The number of rotatable bonds is 4. The van der Waals surface area contributed by atoms with E-state index in [-0.39, 0.29) is 0 Å². The maximum absolute atomic E-state index is 9.31. The van der Waals surface area contributed by atoms with Gasteiger partial charge in [-0.3, -0.25) is 4.90 Å². The molecule has 0 amide bonds. The molecule has 0 aromatic rings. The zero-order valence-electron chi connectivity index (χ0n) is 11.2. The van der Waals surface area contributed by atoms with Crippen molar-refractivity contribution in [3.05, 3.63) is 0 Å². The highest BCUT2D eigenvalue weighted by Gasteiger charge is 2.55. The van der Waals surface area contributed by atoms with E-state index in [1.807, 2.05) is 0 Å². The van der Waals surface area contributed by atoms with Crippen LogP contribution in [0.2, 0.25) is 0 Å². The second-order valence-corrected chi connectivity index (χ2v) is 6.16. The van der Waals surface area contributed by atoms with Gasteiger partial charge in [-0.2, -0.15) is 0 Å². The van der Waals surface area contributed by atoms with Gasteiger partial charge in [0, 0.05) is 12.5 Å². The summed E-state index contributed by atoms with van der Waals surface area (Å²) in [6, 6.07) is 2.86. The summed E-state index contributed by atoms with van der Waals surface area (Å²) in [5, 5.41) is 9.31. The van der Waals surface area contributed by atoms with E-state index < -0.39 is 0 Å². The van der Waals surface area contributed by atoms with Crippen molar-refractivity contribution >= 4 is 0 Å². The average molecular weight is 227 g/mol. The van der Waals surface area contributed by atoms with Crippen LogP contribution in [0.4, 0.5) is 0 Å². The minimum atomic E-state index is 0.336. The molecule has 2 rings (SSSR count). The van der Waals surface area contributed by atoms with Crippen LogP contribution < -0.4 is 0 Å². The Morgan fingerprint density at radius 2 is 2.00 bits per heavy atom. The normalized spacial score (nSPS) is 39.2. The zero-order chi connectivity index (χ0) is 11.9. The summed E-state index contributed by atoms with van der Waals surface area (Å²) in [5.74, 6) is 0. The van der Waals surface area contributed by atoms with Crippen molar-refractivity contribution in [3.63, 3.8) is 0 Å². The topological polar surface area (TPSA) is 23.5 Å². The highest BCUT2D eigenvalue weighted by Crippen LogP contribution is 2.39. The molecule has 0 aliphatic carbocycles. The molecule has 2 heterocycles. The lowest BCUT2D eigenvalue weighted by Crippen LogP contribution is -2.64. The lowest BCUT2D eigenvalue weighted by molar-refractivity contribution is -0.962. The molecule has 0 aromatic heterocycles. The molecular weight excluding hydrogens is 200 g/mol. The lowest BCUT2D eigenvalue weighted by Gasteiger charge is -2.48. The summed E-state index contributed by atoms with van der Waals surface area (Å²) >= 11 is 0. The monoisotopic (exact) mass is 227 g/mol. The SMILES string of the molecule is CC(C)N1C[C@H]2C[C@@H]1C[N+]2(CCO)C(C)C. The molecule has 0 radical (unpaired) electrons. The van der Waals surface area contributed by atoms with Gasteiger partial charge >= 0.3 is 0 Å². The first-order valence-corrected chi connectivity index (χ1v) is 6.74. The maximum Gasteiger partial charge on any atom is 0.104 e. The Hall–Kier alpha value is -0.120. The minimum Gasteiger partial charge on any atom is -0.391 e. The number of hydrogen-bond donors (Lipinski definition) is 1. The van der Waals surface area contributed by atoms with E-state index in [2.05, 4.69) is 32.6 Å². The van der Waals surface area contributed by atoms with Gasteiger partial charge in [-0.15, -0.1) is 0 Å². The van der Waals surface area contributed by atoms with Crippen LogP contribution in [0, 0.1) is 0 Å². The molecule has 2 bridgehead atoms. The fourth-order valence-corrected chi connectivity index (χ4v) is 3.99. The molecule has 3 atom stereocenters. The van der Waals surface area contributed by atoms with Gasteiger partial charge in [-0.05, 0) is 27.7 Å². The second-order valence-electron chi connectivity index (χ2n) is 6.16. The zero-order valence-corrected chi connectivity index (χ0v) is 11.2. The predicted molar refractivity (Wildman–Crippen MR) is 66.3 cm³/mol. The molecule has 0 aromatic carbocycles. The molecule has 1 N–H and O–H groups in total. The van der Waals surface area contributed by atoms with Gasteiger partial charge in [0.1, 0.15) is 12.6 Å². The Morgan fingerprint density at radius 1 is 1.31 bits per heavy atom. The molecule has 3 nitrogen and oxygen atoms in total. The van der Waals surface area contributed by atoms with E-state index in [0.717, 1.165) is 23.1 Å². The Morgan fingerprint density at radius 3 is 2.38 bits per heavy atom. The van der Waals surface area contributed by atoms with Crippen LogP contribution in [-0.2, 0) is 0 Å². The first-order chi connectivity index (χ1) is 7.51. The molecule has 16 heavy (non-hydrogen) atoms. The maximum atomic E-state index is 9.31. The van der Waals surface area contributed by atoms with Gasteiger partial charge in [0.25, 0.3) is 0 Å². The lowest BCUT2D eigenvalue weighted by atomic mass is 10.1. The van der Waals surface area contributed by atoms with E-state index in [9.17, 15) is 5.11 Å². The van der Waals surface area contributed by atoms with Gasteiger partial charge in [-0.25, -0.2) is 0 Å². The van der Waals surface area contributed by atoms with Crippen LogP contribution in [0.3, 0.4) is 0 Å². The van der Waals surface area contributed by atoms with Gasteiger partial charge in [0.05, 0.1) is 31.8 Å². The van der Waals surface area contributed by atoms with Crippen molar-refractivity contribution in [1.82, 2.24) is 4.90 Å².